The van der Waals surface area contributed by atoms with Crippen LogP contribution in [0.4, 0.5) is 5.69 Å². The highest BCUT2D eigenvalue weighted by atomic mass is 16.5. The first-order valence-electron chi connectivity index (χ1n) is 9.66. The van der Waals surface area contributed by atoms with Crippen LogP contribution in [0.3, 0.4) is 0 Å². The van der Waals surface area contributed by atoms with Gasteiger partial charge in [0.25, 0.3) is 0 Å². The number of aromatic nitrogens is 2. The fourth-order valence-corrected chi connectivity index (χ4v) is 3.04. The van der Waals surface area contributed by atoms with E-state index in [9.17, 15) is 0 Å². The summed E-state index contributed by atoms with van der Waals surface area (Å²) in [7, 11) is 6.03. The Morgan fingerprint density at radius 1 is 1.29 bits per heavy atom. The molecule has 0 radical (unpaired) electrons. The van der Waals surface area contributed by atoms with Gasteiger partial charge in [-0.1, -0.05) is 0 Å². The minimum atomic E-state index is 0.146. The Hall–Kier alpha value is -2.74. The lowest BCUT2D eigenvalue weighted by Crippen LogP contribution is -2.32. The molecule has 0 amide bonds. The highest BCUT2D eigenvalue weighted by molar-refractivity contribution is 5.94. The van der Waals surface area contributed by atoms with E-state index in [1.807, 2.05) is 42.3 Å². The number of aryl methyl sites for hydroxylation is 1. The molecule has 2 aromatic rings. The SMILES string of the molecule is CCNC(=NCC(c1cnn(C)c1)N(C)C)Nc1ccc2c(c1)OCCCO2. The number of benzene rings is 1. The van der Waals surface area contributed by atoms with Gasteiger partial charge in [-0.25, -0.2) is 0 Å². The van der Waals surface area contributed by atoms with Crippen LogP contribution in [0, 0.1) is 0 Å². The van der Waals surface area contributed by atoms with Crippen molar-refractivity contribution in [2.24, 2.45) is 12.0 Å². The first kappa shape index (κ1) is 20.0. The molecule has 2 heterocycles. The summed E-state index contributed by atoms with van der Waals surface area (Å²) in [5.41, 5.74) is 2.05. The molecule has 1 aliphatic heterocycles. The molecule has 0 spiro atoms. The summed E-state index contributed by atoms with van der Waals surface area (Å²) in [6, 6.07) is 6.02. The van der Waals surface area contributed by atoms with Crippen molar-refractivity contribution < 1.29 is 9.47 Å². The van der Waals surface area contributed by atoms with Gasteiger partial charge in [-0.15, -0.1) is 0 Å². The molecule has 28 heavy (non-hydrogen) atoms. The van der Waals surface area contributed by atoms with Crippen molar-refractivity contribution in [1.82, 2.24) is 20.0 Å². The van der Waals surface area contributed by atoms with Gasteiger partial charge in [0.05, 0.1) is 32.0 Å². The average molecular weight is 387 g/mol. The van der Waals surface area contributed by atoms with E-state index in [2.05, 4.69) is 41.7 Å². The molecule has 0 bridgehead atoms. The molecule has 0 saturated carbocycles. The lowest BCUT2D eigenvalue weighted by molar-refractivity contribution is 0.297. The third kappa shape index (κ3) is 5.16. The summed E-state index contributed by atoms with van der Waals surface area (Å²) in [5.74, 6) is 2.28. The molecule has 8 nitrogen and oxygen atoms in total. The second-order valence-corrected chi connectivity index (χ2v) is 6.98. The van der Waals surface area contributed by atoms with Gasteiger partial charge in [-0.3, -0.25) is 9.67 Å². The van der Waals surface area contributed by atoms with Crippen LogP contribution >= 0.6 is 0 Å². The van der Waals surface area contributed by atoms with Gasteiger partial charge in [0.15, 0.2) is 17.5 Å². The number of nitrogens with zero attached hydrogens (tertiary/aromatic N) is 4. The van der Waals surface area contributed by atoms with Gasteiger partial charge < -0.3 is 25.0 Å². The van der Waals surface area contributed by atoms with Crippen LogP contribution in [0.2, 0.25) is 0 Å². The van der Waals surface area contributed by atoms with Gasteiger partial charge in [0.1, 0.15) is 0 Å². The Morgan fingerprint density at radius 3 is 2.75 bits per heavy atom. The monoisotopic (exact) mass is 386 g/mol. The number of hydrogen-bond acceptors (Lipinski definition) is 5. The number of nitrogens with one attached hydrogen (secondary N) is 2. The van der Waals surface area contributed by atoms with Crippen LogP contribution in [-0.2, 0) is 7.05 Å². The summed E-state index contributed by atoms with van der Waals surface area (Å²) >= 11 is 0. The van der Waals surface area contributed by atoms with Crippen LogP contribution in [0.1, 0.15) is 24.9 Å². The van der Waals surface area contributed by atoms with Crippen LogP contribution < -0.4 is 20.1 Å². The first-order chi connectivity index (χ1) is 13.6. The van der Waals surface area contributed by atoms with E-state index >= 15 is 0 Å². The van der Waals surface area contributed by atoms with E-state index in [0.29, 0.717) is 19.8 Å². The van der Waals surface area contributed by atoms with Crippen LogP contribution in [-0.4, -0.2) is 61.0 Å². The molecular formula is C20H30N6O2. The molecule has 1 unspecified atom stereocenters. The molecule has 8 heteroatoms. The molecule has 0 fully saturated rings. The average Bonchev–Trinajstić information content (AvgIpc) is 2.95. The topological polar surface area (TPSA) is 75.9 Å². The van der Waals surface area contributed by atoms with E-state index in [-0.39, 0.29) is 6.04 Å². The quantitative estimate of drug-likeness (QED) is 0.586. The van der Waals surface area contributed by atoms with Gasteiger partial charge in [0, 0.05) is 43.5 Å². The fourth-order valence-electron chi connectivity index (χ4n) is 3.04. The van der Waals surface area contributed by atoms with Crippen LogP contribution in [0.25, 0.3) is 0 Å². The van der Waals surface area contributed by atoms with Crippen LogP contribution in [0.5, 0.6) is 11.5 Å². The number of anilines is 1. The molecule has 1 aliphatic rings. The van der Waals surface area contributed by atoms with Crippen molar-refractivity contribution in [3.63, 3.8) is 0 Å². The molecular weight excluding hydrogens is 356 g/mol. The second-order valence-electron chi connectivity index (χ2n) is 6.98. The molecule has 1 aromatic heterocycles. The third-order valence-corrected chi connectivity index (χ3v) is 4.51. The maximum absolute atomic E-state index is 5.78. The zero-order valence-corrected chi connectivity index (χ0v) is 17.1. The van der Waals surface area contributed by atoms with E-state index in [0.717, 1.165) is 41.7 Å². The van der Waals surface area contributed by atoms with E-state index in [1.165, 1.54) is 0 Å². The van der Waals surface area contributed by atoms with Gasteiger partial charge in [-0.2, -0.15) is 5.10 Å². The van der Waals surface area contributed by atoms with Gasteiger partial charge in [-0.05, 0) is 33.2 Å². The van der Waals surface area contributed by atoms with Crippen molar-refractivity contribution in [3.8, 4) is 11.5 Å². The predicted octanol–water partition coefficient (Wildman–Crippen LogP) is 2.26. The fraction of sp³-hybridized carbons (Fsp3) is 0.500. The Balaban J connectivity index is 1.74. The first-order valence-corrected chi connectivity index (χ1v) is 9.66. The van der Waals surface area contributed by atoms with Gasteiger partial charge in [0.2, 0.25) is 0 Å². The zero-order valence-electron chi connectivity index (χ0n) is 17.1. The number of rotatable bonds is 6. The molecule has 3 rings (SSSR count). The maximum atomic E-state index is 5.78. The van der Waals surface area contributed by atoms with E-state index in [1.54, 1.807) is 0 Å². The summed E-state index contributed by atoms with van der Waals surface area (Å²) in [6.45, 7) is 4.79. The minimum Gasteiger partial charge on any atom is -0.490 e. The Morgan fingerprint density at radius 2 is 2.07 bits per heavy atom. The number of ether oxygens (including phenoxy) is 2. The van der Waals surface area contributed by atoms with Crippen molar-refractivity contribution in [1.29, 1.82) is 0 Å². The Bertz CT molecular complexity index is 802. The van der Waals surface area contributed by atoms with E-state index in [4.69, 9.17) is 14.5 Å². The third-order valence-electron chi connectivity index (χ3n) is 4.51. The number of aliphatic imine (C=N–C) groups is 1. The lowest BCUT2D eigenvalue weighted by Gasteiger charge is -2.22. The molecule has 0 aliphatic carbocycles. The maximum Gasteiger partial charge on any atom is 0.195 e. The number of likely N-dealkylation sites (N-methyl/N-ethyl adjacent to an activating group) is 1. The molecule has 0 saturated heterocycles. The largest absolute Gasteiger partial charge is 0.490 e. The number of fused-ring (bicyclic) bond motifs is 1. The highest BCUT2D eigenvalue weighted by Crippen LogP contribution is 2.32. The Labute approximate surface area is 166 Å². The Kier molecular flexibility index (Phi) is 6.76. The normalized spacial score (nSPS) is 15.2. The standard InChI is InChI=1S/C20H30N6O2/c1-5-21-20(22-13-17(25(2)3)15-12-23-26(4)14-15)24-16-7-8-18-19(11-16)28-10-6-9-27-18/h7-8,11-12,14,17H,5-6,9-10,13H2,1-4H3,(H2,21,22,24). The lowest BCUT2D eigenvalue weighted by atomic mass is 10.1. The second kappa shape index (κ2) is 9.45. The van der Waals surface area contributed by atoms with Crippen molar-refractivity contribution in [2.45, 2.75) is 19.4 Å². The minimum absolute atomic E-state index is 0.146. The highest BCUT2D eigenvalue weighted by Gasteiger charge is 2.16. The zero-order chi connectivity index (χ0) is 19.9. The predicted molar refractivity (Wildman–Crippen MR) is 111 cm³/mol. The summed E-state index contributed by atoms with van der Waals surface area (Å²) in [6.07, 6.45) is 4.82. The molecule has 1 atom stereocenters. The molecule has 152 valence electrons. The van der Waals surface area contributed by atoms with Crippen molar-refractivity contribution >= 4 is 11.6 Å². The summed E-state index contributed by atoms with van der Waals surface area (Å²) in [4.78, 5) is 6.94. The smallest absolute Gasteiger partial charge is 0.195 e. The van der Waals surface area contributed by atoms with Crippen molar-refractivity contribution in [2.75, 3.05) is 45.7 Å². The summed E-state index contributed by atoms with van der Waals surface area (Å²) < 4.78 is 13.3. The van der Waals surface area contributed by atoms with Gasteiger partial charge >= 0.3 is 0 Å². The molecule has 2 N–H and O–H groups in total. The van der Waals surface area contributed by atoms with Crippen molar-refractivity contribution in [3.05, 3.63) is 36.2 Å². The summed E-state index contributed by atoms with van der Waals surface area (Å²) in [5, 5.41) is 11.0. The number of hydrogen-bond donors (Lipinski definition) is 2. The van der Waals surface area contributed by atoms with Crippen LogP contribution in [0.15, 0.2) is 35.6 Å². The number of guanidine groups is 1. The van der Waals surface area contributed by atoms with E-state index < -0.39 is 0 Å². The molecule has 1 aromatic carbocycles.